The summed E-state index contributed by atoms with van der Waals surface area (Å²) in [7, 11) is 0. The molecule has 25 heavy (non-hydrogen) atoms. The van der Waals surface area contributed by atoms with Crippen LogP contribution < -0.4 is 0 Å². The second kappa shape index (κ2) is 6.77. The van der Waals surface area contributed by atoms with E-state index in [1.165, 1.54) is 12.1 Å². The van der Waals surface area contributed by atoms with E-state index in [2.05, 4.69) is 6.07 Å². The number of nitriles is 1. The van der Waals surface area contributed by atoms with E-state index in [0.29, 0.717) is 11.3 Å². The number of aromatic carboxylic acids is 1. The van der Waals surface area contributed by atoms with Crippen LogP contribution in [-0.2, 0) is 0 Å². The summed E-state index contributed by atoms with van der Waals surface area (Å²) in [5, 5.41) is 28.1. The minimum atomic E-state index is -1.19. The van der Waals surface area contributed by atoms with Crippen molar-refractivity contribution in [3.8, 4) is 17.5 Å². The van der Waals surface area contributed by atoms with Gasteiger partial charge in [0, 0.05) is 29.7 Å². The number of nitrogens with zero attached hydrogens (tertiary/aromatic N) is 2. The molecule has 0 saturated heterocycles. The Morgan fingerprint density at radius 2 is 1.84 bits per heavy atom. The average Bonchev–Trinajstić information content (AvgIpc) is 3.03. The fraction of sp³-hybridized carbons (Fsp3) is 0. The average molecular weight is 330 g/mol. The van der Waals surface area contributed by atoms with Gasteiger partial charge in [0.15, 0.2) is 0 Å². The fourth-order valence-electron chi connectivity index (χ4n) is 2.46. The van der Waals surface area contributed by atoms with Crippen molar-refractivity contribution >= 4 is 18.1 Å². The normalized spacial score (nSPS) is 10.7. The number of rotatable bonds is 4. The summed E-state index contributed by atoms with van der Waals surface area (Å²) in [6.45, 7) is 0. The molecular weight excluding hydrogens is 316 g/mol. The third-order valence-corrected chi connectivity index (χ3v) is 3.74. The molecule has 1 heterocycles. The van der Waals surface area contributed by atoms with Gasteiger partial charge in [0.2, 0.25) is 0 Å². The number of aromatic nitrogens is 1. The first-order valence-corrected chi connectivity index (χ1v) is 7.50. The molecule has 3 aromatic rings. The Morgan fingerprint density at radius 3 is 2.48 bits per heavy atom. The topological polar surface area (TPSA) is 86.2 Å². The second-order valence-electron chi connectivity index (χ2n) is 5.40. The molecule has 0 spiro atoms. The summed E-state index contributed by atoms with van der Waals surface area (Å²) < 4.78 is 1.68. The van der Waals surface area contributed by atoms with Crippen LogP contribution in [0.2, 0.25) is 0 Å². The van der Waals surface area contributed by atoms with Crippen LogP contribution >= 0.6 is 0 Å². The van der Waals surface area contributed by atoms with Gasteiger partial charge in [0.05, 0.1) is 5.56 Å². The Bertz CT molecular complexity index is 996. The van der Waals surface area contributed by atoms with Crippen molar-refractivity contribution in [1.29, 1.82) is 5.26 Å². The van der Waals surface area contributed by atoms with Crippen molar-refractivity contribution in [2.24, 2.45) is 0 Å². The van der Waals surface area contributed by atoms with Crippen LogP contribution in [0.1, 0.15) is 27.0 Å². The van der Waals surface area contributed by atoms with Crippen LogP contribution in [0.25, 0.3) is 17.8 Å². The zero-order chi connectivity index (χ0) is 17.8. The summed E-state index contributed by atoms with van der Waals surface area (Å²) in [5.74, 6) is -1.51. The van der Waals surface area contributed by atoms with Gasteiger partial charge in [0.1, 0.15) is 17.4 Å². The molecule has 0 aliphatic carbocycles. The monoisotopic (exact) mass is 330 g/mol. The molecule has 0 radical (unpaired) electrons. The lowest BCUT2D eigenvalue weighted by Gasteiger charge is -2.05. The predicted molar refractivity (Wildman–Crippen MR) is 94.5 cm³/mol. The fourth-order valence-corrected chi connectivity index (χ4v) is 2.46. The van der Waals surface area contributed by atoms with E-state index in [1.54, 1.807) is 23.0 Å². The van der Waals surface area contributed by atoms with E-state index in [-0.39, 0.29) is 11.3 Å². The third-order valence-electron chi connectivity index (χ3n) is 3.74. The zero-order valence-corrected chi connectivity index (χ0v) is 13.1. The first-order valence-electron chi connectivity index (χ1n) is 7.50. The number of carbonyl (C=O) groups is 1. The highest BCUT2D eigenvalue weighted by Gasteiger charge is 2.11. The molecule has 5 nitrogen and oxygen atoms in total. The van der Waals surface area contributed by atoms with Crippen molar-refractivity contribution in [3.63, 3.8) is 0 Å². The van der Waals surface area contributed by atoms with Crippen LogP contribution in [0.15, 0.2) is 60.9 Å². The van der Waals surface area contributed by atoms with Gasteiger partial charge < -0.3 is 14.8 Å². The van der Waals surface area contributed by atoms with Crippen molar-refractivity contribution in [1.82, 2.24) is 4.57 Å². The van der Waals surface area contributed by atoms with Gasteiger partial charge in [0.25, 0.3) is 0 Å². The molecule has 2 N–H and O–H groups in total. The largest absolute Gasteiger partial charge is 0.507 e. The molecular formula is C20H14N2O3. The van der Waals surface area contributed by atoms with Crippen LogP contribution in [0.5, 0.6) is 5.75 Å². The van der Waals surface area contributed by atoms with Gasteiger partial charge in [-0.1, -0.05) is 42.5 Å². The predicted octanol–water partition coefficient (Wildman–Crippen LogP) is 3.92. The van der Waals surface area contributed by atoms with E-state index in [4.69, 9.17) is 5.11 Å². The highest BCUT2D eigenvalue weighted by molar-refractivity contribution is 5.91. The molecule has 0 unspecified atom stereocenters. The highest BCUT2D eigenvalue weighted by atomic mass is 16.4. The lowest BCUT2D eigenvalue weighted by Crippen LogP contribution is -1.98. The molecule has 3 rings (SSSR count). The minimum Gasteiger partial charge on any atom is -0.507 e. The lowest BCUT2D eigenvalue weighted by atomic mass is 10.1. The Labute approximate surface area is 144 Å². The summed E-state index contributed by atoms with van der Waals surface area (Å²) in [6, 6.07) is 16.1. The zero-order valence-electron chi connectivity index (χ0n) is 13.1. The molecule has 0 aliphatic rings. The molecule has 0 aliphatic heterocycles. The van der Waals surface area contributed by atoms with Gasteiger partial charge in [-0.2, -0.15) is 5.26 Å². The molecule has 2 aromatic carbocycles. The Kier molecular flexibility index (Phi) is 4.36. The number of carboxylic acid groups (broad SMARTS) is 1. The highest BCUT2D eigenvalue weighted by Crippen LogP contribution is 2.24. The second-order valence-corrected chi connectivity index (χ2v) is 5.40. The summed E-state index contributed by atoms with van der Waals surface area (Å²) in [6.07, 6.45) is 7.15. The number of carboxylic acids is 1. The van der Waals surface area contributed by atoms with Crippen LogP contribution in [0.4, 0.5) is 0 Å². The summed E-state index contributed by atoms with van der Waals surface area (Å²) in [4.78, 5) is 11.0. The van der Waals surface area contributed by atoms with Gasteiger partial charge in [-0.25, -0.2) is 4.79 Å². The number of aromatic hydroxyl groups is 1. The molecule has 1 aromatic heterocycles. The van der Waals surface area contributed by atoms with Crippen LogP contribution in [-0.4, -0.2) is 20.7 Å². The summed E-state index contributed by atoms with van der Waals surface area (Å²) in [5.41, 5.74) is 2.63. The standard InChI is InChI=1S/C20H14N2O3/c21-11-16-13-22(17-8-9-18(20(24)25)19(23)10-17)12-15(16)7-6-14-4-2-1-3-5-14/h1-10,12-13,23H,(H,24,25)/b7-6+. The smallest absolute Gasteiger partial charge is 0.339 e. The number of phenols is 1. The van der Waals surface area contributed by atoms with Crippen molar-refractivity contribution in [2.45, 2.75) is 0 Å². The van der Waals surface area contributed by atoms with E-state index in [1.807, 2.05) is 42.5 Å². The summed E-state index contributed by atoms with van der Waals surface area (Å²) >= 11 is 0. The van der Waals surface area contributed by atoms with E-state index >= 15 is 0 Å². The molecule has 0 fully saturated rings. The SMILES string of the molecule is N#Cc1cn(-c2ccc(C(=O)O)c(O)c2)cc1/C=C/c1ccccc1. The van der Waals surface area contributed by atoms with E-state index in [9.17, 15) is 15.2 Å². The van der Waals surface area contributed by atoms with Gasteiger partial charge >= 0.3 is 5.97 Å². The minimum absolute atomic E-state index is 0.166. The van der Waals surface area contributed by atoms with Crippen LogP contribution in [0.3, 0.4) is 0 Å². The number of benzene rings is 2. The Morgan fingerprint density at radius 1 is 1.08 bits per heavy atom. The first-order chi connectivity index (χ1) is 12.1. The molecule has 5 heteroatoms. The Balaban J connectivity index is 1.96. The number of hydrogen-bond acceptors (Lipinski definition) is 3. The maximum Gasteiger partial charge on any atom is 0.339 e. The van der Waals surface area contributed by atoms with Crippen LogP contribution in [0, 0.1) is 11.3 Å². The van der Waals surface area contributed by atoms with Crippen molar-refractivity contribution in [2.75, 3.05) is 0 Å². The number of hydrogen-bond donors (Lipinski definition) is 2. The van der Waals surface area contributed by atoms with Crippen molar-refractivity contribution in [3.05, 3.63) is 83.2 Å². The maximum atomic E-state index is 11.0. The third kappa shape index (κ3) is 3.43. The Hall–Kier alpha value is -3.78. The molecule has 0 atom stereocenters. The molecule has 122 valence electrons. The van der Waals surface area contributed by atoms with Crippen molar-refractivity contribution < 1.29 is 15.0 Å². The first kappa shape index (κ1) is 16.1. The lowest BCUT2D eigenvalue weighted by molar-refractivity contribution is 0.0694. The molecule has 0 amide bonds. The maximum absolute atomic E-state index is 11.0. The van der Waals surface area contributed by atoms with E-state index in [0.717, 1.165) is 11.1 Å². The molecule has 0 bridgehead atoms. The van der Waals surface area contributed by atoms with Gasteiger partial charge in [-0.3, -0.25) is 0 Å². The van der Waals surface area contributed by atoms with Gasteiger partial charge in [-0.05, 0) is 17.7 Å². The van der Waals surface area contributed by atoms with E-state index < -0.39 is 5.97 Å². The quantitative estimate of drug-likeness (QED) is 0.759. The molecule has 0 saturated carbocycles. The van der Waals surface area contributed by atoms with Gasteiger partial charge in [-0.15, -0.1) is 0 Å².